The number of rotatable bonds is 6. The van der Waals surface area contributed by atoms with Crippen LogP contribution in [-0.2, 0) is 10.0 Å². The lowest BCUT2D eigenvalue weighted by molar-refractivity contribution is 0.464. The summed E-state index contributed by atoms with van der Waals surface area (Å²) in [6, 6.07) is 19.1. The Labute approximate surface area is 166 Å². The highest BCUT2D eigenvalue weighted by Gasteiger charge is 2.28. The van der Waals surface area contributed by atoms with Crippen molar-refractivity contribution in [3.05, 3.63) is 83.7 Å². The van der Waals surface area contributed by atoms with E-state index in [0.29, 0.717) is 11.7 Å². The van der Waals surface area contributed by atoms with Crippen molar-refractivity contribution < 1.29 is 8.42 Å². The number of hydrogen-bond donors (Lipinski definition) is 1. The third-order valence-electron chi connectivity index (χ3n) is 5.40. The van der Waals surface area contributed by atoms with Crippen LogP contribution in [0.1, 0.15) is 54.6 Å². The Morgan fingerprint density at radius 1 is 0.964 bits per heavy atom. The largest absolute Gasteiger partial charge is 0.268 e. The first-order valence-corrected chi connectivity index (χ1v) is 11.2. The zero-order valence-corrected chi connectivity index (χ0v) is 16.8. The lowest BCUT2D eigenvalue weighted by Gasteiger charge is -2.19. The highest BCUT2D eigenvalue weighted by atomic mass is 32.2. The number of benzene rings is 2. The number of aryl methyl sites for hydroxylation is 1. The van der Waals surface area contributed by atoms with Crippen molar-refractivity contribution in [2.24, 2.45) is 0 Å². The zero-order valence-electron chi connectivity index (χ0n) is 16.0. The lowest BCUT2D eigenvalue weighted by Crippen LogP contribution is -2.29. The van der Waals surface area contributed by atoms with Crippen molar-refractivity contribution in [3.8, 4) is 0 Å². The molecule has 1 saturated carbocycles. The Morgan fingerprint density at radius 3 is 2.04 bits per heavy atom. The molecule has 0 saturated heterocycles. The van der Waals surface area contributed by atoms with E-state index < -0.39 is 16.1 Å². The van der Waals surface area contributed by atoms with Gasteiger partial charge >= 0.3 is 0 Å². The number of hydrogen-bond acceptors (Lipinski definition) is 3. The van der Waals surface area contributed by atoms with Gasteiger partial charge in [-0.25, -0.2) is 8.42 Å². The van der Waals surface area contributed by atoms with Crippen LogP contribution >= 0.6 is 0 Å². The van der Waals surface area contributed by atoms with Crippen molar-refractivity contribution in [3.63, 3.8) is 0 Å². The standard InChI is InChI=1S/C22H25N3O2S/c1-17-21(16-25(23-17)20-14-8-9-15-20)28(26,27)24-22(18-10-4-2-5-11-18)19-12-6-3-7-13-19/h2-7,10-13,16,20,22,24H,8-9,14-15H2,1H3. The molecule has 0 atom stereocenters. The Hall–Kier alpha value is -2.44. The van der Waals surface area contributed by atoms with Crippen LogP contribution in [0.4, 0.5) is 0 Å². The predicted molar refractivity (Wildman–Crippen MR) is 110 cm³/mol. The third kappa shape index (κ3) is 3.88. The van der Waals surface area contributed by atoms with Crippen LogP contribution in [0.25, 0.3) is 0 Å². The lowest BCUT2D eigenvalue weighted by atomic mass is 10.00. The fourth-order valence-corrected chi connectivity index (χ4v) is 5.31. The van der Waals surface area contributed by atoms with E-state index in [1.165, 1.54) is 12.8 Å². The minimum absolute atomic E-state index is 0.260. The molecule has 3 aromatic rings. The summed E-state index contributed by atoms with van der Waals surface area (Å²) in [5.41, 5.74) is 2.34. The molecule has 1 aliphatic carbocycles. The quantitative estimate of drug-likeness (QED) is 0.674. The molecule has 1 fully saturated rings. The molecule has 1 N–H and O–H groups in total. The van der Waals surface area contributed by atoms with Crippen molar-refractivity contribution in [2.75, 3.05) is 0 Å². The molecule has 0 aliphatic heterocycles. The maximum atomic E-state index is 13.3. The second-order valence-electron chi connectivity index (χ2n) is 7.37. The van der Waals surface area contributed by atoms with Crippen LogP contribution in [-0.4, -0.2) is 18.2 Å². The molecule has 146 valence electrons. The van der Waals surface area contributed by atoms with Gasteiger partial charge in [0.1, 0.15) is 4.90 Å². The third-order valence-corrected chi connectivity index (χ3v) is 6.92. The van der Waals surface area contributed by atoms with E-state index in [0.717, 1.165) is 24.0 Å². The molecule has 6 heteroatoms. The van der Waals surface area contributed by atoms with Gasteiger partial charge in [0, 0.05) is 6.20 Å². The second kappa shape index (κ2) is 7.89. The van der Waals surface area contributed by atoms with Gasteiger partial charge in [-0.1, -0.05) is 73.5 Å². The zero-order chi connectivity index (χ0) is 19.6. The average Bonchev–Trinajstić information content (AvgIpc) is 3.37. The molecule has 0 unspecified atom stereocenters. The van der Waals surface area contributed by atoms with Gasteiger partial charge in [0.2, 0.25) is 10.0 Å². The highest BCUT2D eigenvalue weighted by molar-refractivity contribution is 7.89. The molecule has 2 aromatic carbocycles. The Kier molecular flexibility index (Phi) is 5.33. The van der Waals surface area contributed by atoms with Crippen molar-refractivity contribution >= 4 is 10.0 Å². The first kappa shape index (κ1) is 18.9. The van der Waals surface area contributed by atoms with E-state index in [4.69, 9.17) is 0 Å². The Morgan fingerprint density at radius 2 is 1.50 bits per heavy atom. The molecule has 4 rings (SSSR count). The van der Waals surface area contributed by atoms with Crippen LogP contribution in [0.2, 0.25) is 0 Å². The number of nitrogens with zero attached hydrogens (tertiary/aromatic N) is 2. The van der Waals surface area contributed by atoms with E-state index in [1.54, 1.807) is 13.1 Å². The van der Waals surface area contributed by atoms with E-state index in [2.05, 4.69) is 9.82 Å². The van der Waals surface area contributed by atoms with Crippen LogP contribution in [0, 0.1) is 6.92 Å². The first-order valence-electron chi connectivity index (χ1n) is 9.72. The number of sulfonamides is 1. The molecule has 0 bridgehead atoms. The van der Waals surface area contributed by atoms with E-state index in [9.17, 15) is 8.42 Å². The summed E-state index contributed by atoms with van der Waals surface area (Å²) in [5, 5.41) is 4.51. The number of aromatic nitrogens is 2. The van der Waals surface area contributed by atoms with E-state index in [-0.39, 0.29) is 4.90 Å². The summed E-state index contributed by atoms with van der Waals surface area (Å²) in [7, 11) is -3.73. The summed E-state index contributed by atoms with van der Waals surface area (Å²) in [6.07, 6.45) is 6.16. The summed E-state index contributed by atoms with van der Waals surface area (Å²) in [6.45, 7) is 1.76. The predicted octanol–water partition coefficient (Wildman–Crippen LogP) is 4.37. The van der Waals surface area contributed by atoms with Gasteiger partial charge in [0.05, 0.1) is 17.8 Å². The van der Waals surface area contributed by atoms with Gasteiger partial charge in [-0.05, 0) is 30.9 Å². The van der Waals surface area contributed by atoms with Gasteiger partial charge in [0.25, 0.3) is 0 Å². The molecule has 28 heavy (non-hydrogen) atoms. The molecule has 1 aliphatic rings. The molecule has 0 spiro atoms. The maximum Gasteiger partial charge on any atom is 0.244 e. The van der Waals surface area contributed by atoms with Crippen molar-refractivity contribution in [2.45, 2.75) is 49.6 Å². The fourth-order valence-electron chi connectivity index (χ4n) is 3.92. The molecular weight excluding hydrogens is 370 g/mol. The van der Waals surface area contributed by atoms with Crippen molar-refractivity contribution in [1.82, 2.24) is 14.5 Å². The van der Waals surface area contributed by atoms with Gasteiger partial charge < -0.3 is 0 Å². The molecule has 5 nitrogen and oxygen atoms in total. The first-order chi connectivity index (χ1) is 13.5. The smallest absolute Gasteiger partial charge is 0.244 e. The molecule has 1 aromatic heterocycles. The molecule has 1 heterocycles. The summed E-state index contributed by atoms with van der Waals surface area (Å²) in [4.78, 5) is 0.260. The van der Waals surface area contributed by atoms with Gasteiger partial charge in [-0.2, -0.15) is 9.82 Å². The average molecular weight is 396 g/mol. The Bertz CT molecular complexity index is 985. The molecule has 0 radical (unpaired) electrons. The number of nitrogens with one attached hydrogen (secondary N) is 1. The molecular formula is C22H25N3O2S. The summed E-state index contributed by atoms with van der Waals surface area (Å²) >= 11 is 0. The topological polar surface area (TPSA) is 64.0 Å². The summed E-state index contributed by atoms with van der Waals surface area (Å²) < 4.78 is 31.3. The van der Waals surface area contributed by atoms with Crippen LogP contribution in [0.15, 0.2) is 71.8 Å². The van der Waals surface area contributed by atoms with Crippen LogP contribution in [0.3, 0.4) is 0 Å². The summed E-state index contributed by atoms with van der Waals surface area (Å²) in [5.74, 6) is 0. The van der Waals surface area contributed by atoms with Gasteiger partial charge in [-0.15, -0.1) is 0 Å². The minimum atomic E-state index is -3.73. The maximum absolute atomic E-state index is 13.3. The second-order valence-corrected chi connectivity index (χ2v) is 9.06. The molecule has 0 amide bonds. The van der Waals surface area contributed by atoms with E-state index >= 15 is 0 Å². The monoisotopic (exact) mass is 395 g/mol. The van der Waals surface area contributed by atoms with Gasteiger partial charge in [0.15, 0.2) is 0 Å². The van der Waals surface area contributed by atoms with Gasteiger partial charge in [-0.3, -0.25) is 4.68 Å². The Balaban J connectivity index is 1.68. The van der Waals surface area contributed by atoms with E-state index in [1.807, 2.05) is 65.3 Å². The minimum Gasteiger partial charge on any atom is -0.268 e. The fraction of sp³-hybridized carbons (Fsp3) is 0.318. The SMILES string of the molecule is Cc1nn(C2CCCC2)cc1S(=O)(=O)NC(c1ccccc1)c1ccccc1. The van der Waals surface area contributed by atoms with Crippen molar-refractivity contribution in [1.29, 1.82) is 0 Å². The van der Waals surface area contributed by atoms with Crippen LogP contribution < -0.4 is 4.72 Å². The highest BCUT2D eigenvalue weighted by Crippen LogP contribution is 2.31. The normalized spacial score (nSPS) is 15.4. The van der Waals surface area contributed by atoms with Crippen LogP contribution in [0.5, 0.6) is 0 Å².